The van der Waals surface area contributed by atoms with Crippen LogP contribution < -0.4 is 4.90 Å². The normalized spacial score (nSPS) is 17.6. The van der Waals surface area contributed by atoms with Crippen molar-refractivity contribution in [2.24, 2.45) is 0 Å². The molecule has 4 rings (SSSR count). The van der Waals surface area contributed by atoms with Gasteiger partial charge in [-0.25, -0.2) is 0 Å². The van der Waals surface area contributed by atoms with Crippen LogP contribution >= 0.6 is 34.7 Å². The number of carbonyl (C=O) groups excluding carboxylic acids is 2. The maximum absolute atomic E-state index is 12.8. The molecule has 1 amide bonds. The molecule has 7 heteroatoms. The zero-order valence-corrected chi connectivity index (χ0v) is 15.9. The first-order valence-corrected chi connectivity index (χ1v) is 10.4. The van der Waals surface area contributed by atoms with Crippen molar-refractivity contribution >= 4 is 52.1 Å². The van der Waals surface area contributed by atoms with Crippen LogP contribution in [0.5, 0.6) is 0 Å². The van der Waals surface area contributed by atoms with Crippen molar-refractivity contribution in [3.63, 3.8) is 0 Å². The lowest BCUT2D eigenvalue weighted by molar-refractivity contribution is 0.0751. The van der Waals surface area contributed by atoms with Crippen molar-refractivity contribution in [1.29, 1.82) is 0 Å². The largest absolute Gasteiger partial charge is 0.368 e. The quantitative estimate of drug-likeness (QED) is 0.773. The van der Waals surface area contributed by atoms with E-state index >= 15 is 0 Å². The second-order valence-electron chi connectivity index (χ2n) is 6.09. The van der Waals surface area contributed by atoms with E-state index in [-0.39, 0.29) is 11.7 Å². The van der Waals surface area contributed by atoms with E-state index in [1.54, 1.807) is 17.8 Å². The molecule has 2 aliphatic rings. The minimum Gasteiger partial charge on any atom is -0.368 e. The number of thiophene rings is 1. The van der Waals surface area contributed by atoms with Gasteiger partial charge in [0.15, 0.2) is 5.78 Å². The molecule has 25 heavy (non-hydrogen) atoms. The van der Waals surface area contributed by atoms with Gasteiger partial charge in [-0.1, -0.05) is 11.6 Å². The molecule has 0 radical (unpaired) electrons. The Kier molecular flexibility index (Phi) is 4.75. The predicted molar refractivity (Wildman–Crippen MR) is 104 cm³/mol. The highest BCUT2D eigenvalue weighted by Gasteiger charge is 2.27. The van der Waals surface area contributed by atoms with Gasteiger partial charge in [0.1, 0.15) is 0 Å². The molecule has 3 heterocycles. The summed E-state index contributed by atoms with van der Waals surface area (Å²) in [4.78, 5) is 29.6. The van der Waals surface area contributed by atoms with E-state index in [1.165, 1.54) is 11.3 Å². The number of hydrogen-bond donors (Lipinski definition) is 0. The number of benzene rings is 1. The fourth-order valence-corrected chi connectivity index (χ4v) is 5.69. The lowest BCUT2D eigenvalue weighted by Crippen LogP contribution is -2.48. The van der Waals surface area contributed by atoms with Crippen LogP contribution in [0.1, 0.15) is 26.5 Å². The molecule has 0 unspecified atom stereocenters. The van der Waals surface area contributed by atoms with E-state index in [9.17, 15) is 9.59 Å². The summed E-state index contributed by atoms with van der Waals surface area (Å²) >= 11 is 9.09. The average molecular weight is 393 g/mol. The number of Topliss-reactive ketones (excluding diaryl/α,β-unsaturated/α-hetero) is 1. The number of nitrogens with zero attached hydrogens (tertiary/aromatic N) is 2. The number of carbonyl (C=O) groups is 2. The minimum absolute atomic E-state index is 0.0450. The number of hydrogen-bond acceptors (Lipinski definition) is 5. The van der Waals surface area contributed by atoms with E-state index < -0.39 is 0 Å². The molecule has 4 nitrogen and oxygen atoms in total. The third kappa shape index (κ3) is 3.43. The zero-order valence-electron chi connectivity index (χ0n) is 13.5. The molecule has 0 bridgehead atoms. The third-order valence-electron chi connectivity index (χ3n) is 4.53. The van der Waals surface area contributed by atoms with Gasteiger partial charge in [0.2, 0.25) is 0 Å². The Hall–Kier alpha value is -1.50. The molecular weight excluding hydrogens is 376 g/mol. The summed E-state index contributed by atoms with van der Waals surface area (Å²) in [5.74, 6) is 1.03. The number of thioether (sulfide) groups is 1. The zero-order chi connectivity index (χ0) is 17.4. The van der Waals surface area contributed by atoms with Crippen molar-refractivity contribution in [2.45, 2.75) is 10.6 Å². The molecule has 2 aliphatic heterocycles. The fourth-order valence-electron chi connectivity index (χ4n) is 3.13. The first-order valence-electron chi connectivity index (χ1n) is 8.21. The molecule has 1 aromatic carbocycles. The molecule has 1 aromatic heterocycles. The van der Waals surface area contributed by atoms with E-state index in [2.05, 4.69) is 4.90 Å². The van der Waals surface area contributed by atoms with Crippen LogP contribution in [0, 0.1) is 0 Å². The Morgan fingerprint density at radius 1 is 1.08 bits per heavy atom. The smallest absolute Gasteiger partial charge is 0.264 e. The maximum Gasteiger partial charge on any atom is 0.264 e. The second kappa shape index (κ2) is 7.02. The number of fused-ring (bicyclic) bond motifs is 1. The molecular formula is C18H17ClN2O2S2. The molecule has 0 spiro atoms. The highest BCUT2D eigenvalue weighted by Crippen LogP contribution is 2.37. The Balaban J connectivity index is 1.43. The highest BCUT2D eigenvalue weighted by molar-refractivity contribution is 8.01. The molecule has 0 atom stereocenters. The molecule has 0 saturated carbocycles. The van der Waals surface area contributed by atoms with Gasteiger partial charge in [-0.2, -0.15) is 0 Å². The lowest BCUT2D eigenvalue weighted by Gasteiger charge is -2.36. The van der Waals surface area contributed by atoms with Crippen LogP contribution in [0.15, 0.2) is 34.5 Å². The number of amides is 1. The van der Waals surface area contributed by atoms with Crippen LogP contribution in [-0.2, 0) is 0 Å². The standard InChI is InChI=1S/C18H17ClN2O2S2/c19-12-1-3-13(4-2-12)20-6-8-21(9-7-20)17(23)16-11-14-15(22)5-10-24-18(14)25-16/h1-4,11H,5-10H2. The van der Waals surface area contributed by atoms with Gasteiger partial charge in [-0.3, -0.25) is 9.59 Å². The number of rotatable bonds is 2. The van der Waals surface area contributed by atoms with Gasteiger partial charge in [-0.05, 0) is 30.3 Å². The monoisotopic (exact) mass is 392 g/mol. The summed E-state index contributed by atoms with van der Waals surface area (Å²) in [6.45, 7) is 2.97. The molecule has 1 fully saturated rings. The number of halogens is 1. The van der Waals surface area contributed by atoms with Gasteiger partial charge in [0, 0.05) is 54.6 Å². The summed E-state index contributed by atoms with van der Waals surface area (Å²) < 4.78 is 0.999. The van der Waals surface area contributed by atoms with Crippen LogP contribution in [0.3, 0.4) is 0 Å². The Labute approximate surface area is 159 Å². The van der Waals surface area contributed by atoms with Gasteiger partial charge >= 0.3 is 0 Å². The van der Waals surface area contributed by atoms with E-state index in [0.29, 0.717) is 24.4 Å². The van der Waals surface area contributed by atoms with E-state index in [4.69, 9.17) is 11.6 Å². The van der Waals surface area contributed by atoms with Gasteiger partial charge < -0.3 is 9.80 Å². The van der Waals surface area contributed by atoms with Gasteiger partial charge in [0.25, 0.3) is 5.91 Å². The van der Waals surface area contributed by atoms with Gasteiger partial charge in [-0.15, -0.1) is 23.1 Å². The summed E-state index contributed by atoms with van der Waals surface area (Å²) in [5, 5.41) is 0.728. The van der Waals surface area contributed by atoms with Crippen molar-refractivity contribution in [3.8, 4) is 0 Å². The fraction of sp³-hybridized carbons (Fsp3) is 0.333. The minimum atomic E-state index is 0.0450. The first-order chi connectivity index (χ1) is 12.1. The van der Waals surface area contributed by atoms with Crippen LogP contribution in [-0.4, -0.2) is 48.5 Å². The second-order valence-corrected chi connectivity index (χ2v) is 8.94. The summed E-state index contributed by atoms with van der Waals surface area (Å²) in [5.41, 5.74) is 1.87. The maximum atomic E-state index is 12.8. The van der Waals surface area contributed by atoms with Gasteiger partial charge in [0.05, 0.1) is 9.09 Å². The highest BCUT2D eigenvalue weighted by atomic mass is 35.5. The van der Waals surface area contributed by atoms with Crippen LogP contribution in [0.4, 0.5) is 5.69 Å². The topological polar surface area (TPSA) is 40.6 Å². The van der Waals surface area contributed by atoms with Crippen molar-refractivity contribution < 1.29 is 9.59 Å². The Bertz CT molecular complexity index is 811. The van der Waals surface area contributed by atoms with Crippen molar-refractivity contribution in [3.05, 3.63) is 45.8 Å². The molecule has 1 saturated heterocycles. The summed E-state index contributed by atoms with van der Waals surface area (Å²) in [6.07, 6.45) is 0.571. The number of ketones is 1. The first kappa shape index (κ1) is 16.9. The lowest BCUT2D eigenvalue weighted by atomic mass is 10.1. The van der Waals surface area contributed by atoms with Crippen LogP contribution in [0.25, 0.3) is 0 Å². The van der Waals surface area contributed by atoms with E-state index in [0.717, 1.165) is 39.3 Å². The van der Waals surface area contributed by atoms with Crippen molar-refractivity contribution in [1.82, 2.24) is 4.90 Å². The molecule has 0 aliphatic carbocycles. The summed E-state index contributed by atoms with van der Waals surface area (Å²) in [7, 11) is 0. The third-order valence-corrected chi connectivity index (χ3v) is 7.19. The number of piperazine rings is 1. The molecule has 2 aromatic rings. The molecule has 130 valence electrons. The summed E-state index contributed by atoms with van der Waals surface area (Å²) in [6, 6.07) is 9.59. The Morgan fingerprint density at radius 2 is 1.80 bits per heavy atom. The number of anilines is 1. The van der Waals surface area contributed by atoms with Crippen LogP contribution in [0.2, 0.25) is 5.02 Å². The predicted octanol–water partition coefficient (Wildman–Crippen LogP) is 4.04. The average Bonchev–Trinajstić information content (AvgIpc) is 3.08. The van der Waals surface area contributed by atoms with E-state index in [1.807, 2.05) is 29.2 Å². The Morgan fingerprint density at radius 3 is 2.48 bits per heavy atom. The SMILES string of the molecule is O=C1CCSc2sc(C(=O)N3CCN(c4ccc(Cl)cc4)CC3)cc21. The molecule has 0 N–H and O–H groups in total. The van der Waals surface area contributed by atoms with Crippen molar-refractivity contribution in [2.75, 3.05) is 36.8 Å².